The molecule has 4 rings (SSSR count). The highest BCUT2D eigenvalue weighted by atomic mass is 32.1. The Morgan fingerprint density at radius 2 is 1.68 bits per heavy atom. The summed E-state index contributed by atoms with van der Waals surface area (Å²) < 4.78 is 57.8. The van der Waals surface area contributed by atoms with Gasteiger partial charge in [-0.25, -0.2) is 19.7 Å². The highest BCUT2D eigenvalue weighted by Crippen LogP contribution is 2.38. The predicted octanol–water partition coefficient (Wildman–Crippen LogP) is 5.53. The summed E-state index contributed by atoms with van der Waals surface area (Å²) >= 11 is 1.30. The van der Waals surface area contributed by atoms with E-state index < -0.39 is 18.9 Å². The molecule has 0 aliphatic carbocycles. The zero-order chi connectivity index (χ0) is 27.3. The number of aliphatic carboxylic acids is 1. The molecule has 2 heterocycles. The van der Waals surface area contributed by atoms with E-state index in [0.717, 1.165) is 0 Å². The van der Waals surface area contributed by atoms with Crippen LogP contribution in [0.3, 0.4) is 0 Å². The second kappa shape index (κ2) is 11.3. The van der Waals surface area contributed by atoms with Gasteiger partial charge in [0.25, 0.3) is 0 Å². The molecule has 0 atom stereocenters. The van der Waals surface area contributed by atoms with E-state index >= 15 is 0 Å². The summed E-state index contributed by atoms with van der Waals surface area (Å²) in [6.45, 7) is 1.41. The number of aryl methyl sites for hydroxylation is 1. The van der Waals surface area contributed by atoms with Crippen molar-refractivity contribution < 1.29 is 42.0 Å². The van der Waals surface area contributed by atoms with Gasteiger partial charge in [-0.2, -0.15) is 0 Å². The number of hydrogen-bond acceptors (Lipinski definition) is 9. The smallest absolute Gasteiger partial charge is 0.486 e. The Bertz CT molecular complexity index is 1410. The predicted molar refractivity (Wildman–Crippen MR) is 130 cm³/mol. The van der Waals surface area contributed by atoms with Crippen LogP contribution in [-0.4, -0.2) is 46.1 Å². The molecule has 2 aromatic heterocycles. The van der Waals surface area contributed by atoms with Crippen LogP contribution in [0.1, 0.15) is 10.6 Å². The molecule has 4 aromatic rings. The number of rotatable bonds is 10. The number of methoxy groups -OCH3 is 1. The third-order valence-corrected chi connectivity index (χ3v) is 6.04. The van der Waals surface area contributed by atoms with Crippen LogP contribution >= 0.6 is 11.3 Å². The summed E-state index contributed by atoms with van der Waals surface area (Å²) in [5.41, 5.74) is 2.41. The zero-order valence-electron chi connectivity index (χ0n) is 20.0. The van der Waals surface area contributed by atoms with Crippen molar-refractivity contribution in [3.05, 3.63) is 65.4 Å². The van der Waals surface area contributed by atoms with Gasteiger partial charge in [0.15, 0.2) is 6.61 Å². The quantitative estimate of drug-likeness (QED) is 0.274. The largest absolute Gasteiger partial charge is 0.573 e. The van der Waals surface area contributed by atoms with Gasteiger partial charge in [0.05, 0.1) is 17.7 Å². The maximum Gasteiger partial charge on any atom is 0.573 e. The first kappa shape index (κ1) is 26.7. The second-order valence-electron chi connectivity index (χ2n) is 7.71. The maximum atomic E-state index is 12.6. The molecule has 38 heavy (non-hydrogen) atoms. The number of carboxylic acids is 1. The van der Waals surface area contributed by atoms with Gasteiger partial charge in [-0.05, 0) is 60.5 Å². The number of thiazole rings is 1. The lowest BCUT2D eigenvalue weighted by Crippen LogP contribution is -2.16. The van der Waals surface area contributed by atoms with Crippen molar-refractivity contribution >= 4 is 17.3 Å². The van der Waals surface area contributed by atoms with Crippen molar-refractivity contribution in [2.45, 2.75) is 19.9 Å². The van der Waals surface area contributed by atoms with Gasteiger partial charge in [0.2, 0.25) is 0 Å². The number of hydrogen-bond donors (Lipinski definition) is 1. The zero-order valence-corrected chi connectivity index (χ0v) is 20.8. The fraction of sp³-hybridized carbons (Fsp3) is 0.200. The summed E-state index contributed by atoms with van der Waals surface area (Å²) in [5, 5.41) is 9.37. The molecule has 9 nitrogen and oxygen atoms in total. The van der Waals surface area contributed by atoms with Crippen molar-refractivity contribution in [3.63, 3.8) is 0 Å². The van der Waals surface area contributed by atoms with E-state index in [1.807, 2.05) is 0 Å². The normalized spacial score (nSPS) is 11.2. The van der Waals surface area contributed by atoms with E-state index in [1.165, 1.54) is 55.1 Å². The maximum absolute atomic E-state index is 12.6. The molecule has 0 bridgehead atoms. The Balaban J connectivity index is 1.59. The lowest BCUT2D eigenvalue weighted by atomic mass is 10.1. The first-order valence-corrected chi connectivity index (χ1v) is 11.7. The van der Waals surface area contributed by atoms with Crippen molar-refractivity contribution in [2.24, 2.45) is 0 Å². The van der Waals surface area contributed by atoms with Gasteiger partial charge in [-0.15, -0.1) is 24.5 Å². The van der Waals surface area contributed by atoms with E-state index in [0.29, 0.717) is 43.8 Å². The Kier molecular flexibility index (Phi) is 7.96. The van der Waals surface area contributed by atoms with Gasteiger partial charge in [-0.1, -0.05) is 0 Å². The number of alkyl halides is 3. The fourth-order valence-corrected chi connectivity index (χ4v) is 4.33. The highest BCUT2D eigenvalue weighted by molar-refractivity contribution is 7.15. The number of halogens is 3. The average molecular weight is 548 g/mol. The summed E-state index contributed by atoms with van der Waals surface area (Å²) in [6.07, 6.45) is -1.72. The summed E-state index contributed by atoms with van der Waals surface area (Å²) in [7, 11) is 1.44. The Hall–Kier alpha value is -4.39. The van der Waals surface area contributed by atoms with E-state index in [4.69, 9.17) is 19.3 Å². The van der Waals surface area contributed by atoms with Crippen LogP contribution < -0.4 is 18.9 Å². The topological polar surface area (TPSA) is 113 Å². The van der Waals surface area contributed by atoms with Crippen LogP contribution in [0.2, 0.25) is 0 Å². The summed E-state index contributed by atoms with van der Waals surface area (Å²) in [6, 6.07) is 10.6. The second-order valence-corrected chi connectivity index (χ2v) is 8.80. The minimum atomic E-state index is -4.79. The van der Waals surface area contributed by atoms with Crippen LogP contribution in [0.15, 0.2) is 54.9 Å². The number of benzene rings is 2. The fourth-order valence-electron chi connectivity index (χ4n) is 3.33. The minimum absolute atomic E-state index is 0.0959. The third kappa shape index (κ3) is 6.88. The molecule has 0 spiro atoms. The van der Waals surface area contributed by atoms with Gasteiger partial charge in [0.1, 0.15) is 28.9 Å². The van der Waals surface area contributed by atoms with Crippen LogP contribution in [-0.2, 0) is 11.4 Å². The third-order valence-electron chi connectivity index (χ3n) is 4.97. The van der Waals surface area contributed by atoms with E-state index in [-0.39, 0.29) is 18.4 Å². The number of nitrogens with zero attached hydrogens (tertiary/aromatic N) is 3. The van der Waals surface area contributed by atoms with Crippen molar-refractivity contribution in [1.82, 2.24) is 15.0 Å². The molecule has 0 aliphatic rings. The highest BCUT2D eigenvalue weighted by Gasteiger charge is 2.31. The van der Waals surface area contributed by atoms with E-state index in [9.17, 15) is 18.0 Å². The number of ether oxygens (including phenoxy) is 4. The van der Waals surface area contributed by atoms with Crippen LogP contribution in [0.25, 0.3) is 21.7 Å². The van der Waals surface area contributed by atoms with Crippen LogP contribution in [0.5, 0.6) is 23.3 Å². The van der Waals surface area contributed by atoms with Crippen LogP contribution in [0.4, 0.5) is 13.2 Å². The Labute approximate surface area is 218 Å². The monoisotopic (exact) mass is 547 g/mol. The summed E-state index contributed by atoms with van der Waals surface area (Å²) in [5.74, 6) is -0.472. The molecule has 2 aromatic carbocycles. The lowest BCUT2D eigenvalue weighted by Gasteiger charge is -2.09. The van der Waals surface area contributed by atoms with Crippen molar-refractivity contribution in [1.29, 1.82) is 0 Å². The molecule has 0 radical (unpaired) electrons. The molecule has 0 unspecified atom stereocenters. The van der Waals surface area contributed by atoms with Gasteiger partial charge in [-0.3, -0.25) is 0 Å². The minimum Gasteiger partial charge on any atom is -0.486 e. The standard InChI is InChI=1S/C25H20F3N3O6S/c1-14-9-18(7-8-19(14)36-13-21(32)33)35-12-20-31-22(16-10-29-24(34-2)30-11-16)23(38-20)15-3-5-17(6-4-15)37-25(26,27)28/h3-11H,12-13H2,1-2H3,(H,32,33). The molecule has 0 amide bonds. The SMILES string of the molecule is COc1ncc(-c2nc(COc3ccc(OCC(=O)O)c(C)c3)sc2-c2ccc(OC(F)(F)F)cc2)cn1. The number of carboxylic acid groups (broad SMARTS) is 1. The van der Waals surface area contributed by atoms with Crippen LogP contribution in [0, 0.1) is 6.92 Å². The molecule has 0 saturated carbocycles. The number of carbonyl (C=O) groups is 1. The average Bonchev–Trinajstić information content (AvgIpc) is 3.30. The Morgan fingerprint density at radius 1 is 1.00 bits per heavy atom. The molecular weight excluding hydrogens is 527 g/mol. The lowest BCUT2D eigenvalue weighted by molar-refractivity contribution is -0.274. The molecule has 13 heteroatoms. The van der Waals surface area contributed by atoms with Gasteiger partial charge >= 0.3 is 18.3 Å². The van der Waals surface area contributed by atoms with Crippen molar-refractivity contribution in [3.8, 4) is 45.0 Å². The Morgan fingerprint density at radius 3 is 2.29 bits per heavy atom. The molecular formula is C25H20F3N3O6S. The molecule has 0 aliphatic heterocycles. The van der Waals surface area contributed by atoms with E-state index in [2.05, 4.69) is 19.7 Å². The molecule has 0 fully saturated rings. The molecule has 0 saturated heterocycles. The van der Waals surface area contributed by atoms with Gasteiger partial charge in [0, 0.05) is 18.0 Å². The first-order chi connectivity index (χ1) is 18.1. The number of aromatic nitrogens is 3. The van der Waals surface area contributed by atoms with Crippen molar-refractivity contribution in [2.75, 3.05) is 13.7 Å². The molecule has 1 N–H and O–H groups in total. The summed E-state index contributed by atoms with van der Waals surface area (Å²) in [4.78, 5) is 24.3. The molecule has 198 valence electrons. The first-order valence-electron chi connectivity index (χ1n) is 10.9. The van der Waals surface area contributed by atoms with E-state index in [1.54, 1.807) is 25.1 Å². The van der Waals surface area contributed by atoms with Gasteiger partial charge < -0.3 is 24.1 Å².